The Morgan fingerprint density at radius 2 is 2.16 bits per heavy atom. The number of halogens is 1. The SMILES string of the molecule is CCCC1(c2ccc(OC)c(F)c2)CCCCCN1. The van der Waals surface area contributed by atoms with Crippen molar-refractivity contribution in [1.29, 1.82) is 0 Å². The molecule has 1 unspecified atom stereocenters. The van der Waals surface area contributed by atoms with E-state index in [4.69, 9.17) is 4.74 Å². The molecule has 0 amide bonds. The first kappa shape index (κ1) is 14.3. The van der Waals surface area contributed by atoms with E-state index in [-0.39, 0.29) is 11.4 Å². The molecular formula is C16H24FNO. The number of hydrogen-bond acceptors (Lipinski definition) is 2. The highest BCUT2D eigenvalue weighted by molar-refractivity contribution is 5.33. The van der Waals surface area contributed by atoms with Gasteiger partial charge in [-0.1, -0.05) is 32.3 Å². The predicted molar refractivity (Wildman–Crippen MR) is 76.0 cm³/mol. The molecule has 19 heavy (non-hydrogen) atoms. The maximum Gasteiger partial charge on any atom is 0.165 e. The largest absolute Gasteiger partial charge is 0.494 e. The third-order valence-corrected chi connectivity index (χ3v) is 4.12. The molecule has 2 rings (SSSR count). The maximum absolute atomic E-state index is 14.0. The van der Waals surface area contributed by atoms with Crippen molar-refractivity contribution in [2.45, 2.75) is 51.0 Å². The van der Waals surface area contributed by atoms with E-state index in [2.05, 4.69) is 12.2 Å². The molecule has 0 aromatic heterocycles. The van der Waals surface area contributed by atoms with E-state index in [0.29, 0.717) is 5.75 Å². The molecule has 0 saturated carbocycles. The van der Waals surface area contributed by atoms with Crippen LogP contribution in [0.3, 0.4) is 0 Å². The molecule has 1 saturated heterocycles. The van der Waals surface area contributed by atoms with Crippen LogP contribution in [-0.4, -0.2) is 13.7 Å². The summed E-state index contributed by atoms with van der Waals surface area (Å²) >= 11 is 0. The average molecular weight is 265 g/mol. The van der Waals surface area contributed by atoms with E-state index in [1.807, 2.05) is 6.07 Å². The van der Waals surface area contributed by atoms with Crippen molar-refractivity contribution in [3.63, 3.8) is 0 Å². The summed E-state index contributed by atoms with van der Waals surface area (Å²) < 4.78 is 19.0. The van der Waals surface area contributed by atoms with Gasteiger partial charge >= 0.3 is 0 Å². The van der Waals surface area contributed by atoms with Gasteiger partial charge in [-0.2, -0.15) is 0 Å². The summed E-state index contributed by atoms with van der Waals surface area (Å²) in [5.41, 5.74) is 1.01. The Morgan fingerprint density at radius 1 is 1.32 bits per heavy atom. The second-order valence-corrected chi connectivity index (χ2v) is 5.42. The standard InChI is InChI=1S/C16H24FNO/c1-3-9-16(10-5-4-6-11-18-16)13-7-8-15(19-2)14(17)12-13/h7-8,12,18H,3-6,9-11H2,1-2H3. The van der Waals surface area contributed by atoms with Crippen LogP contribution in [0.2, 0.25) is 0 Å². The van der Waals surface area contributed by atoms with Crippen LogP contribution in [0.4, 0.5) is 4.39 Å². The minimum atomic E-state index is -0.262. The van der Waals surface area contributed by atoms with Gasteiger partial charge in [0.2, 0.25) is 0 Å². The summed E-state index contributed by atoms with van der Waals surface area (Å²) in [7, 11) is 1.50. The summed E-state index contributed by atoms with van der Waals surface area (Å²) in [6.45, 7) is 3.21. The molecule has 0 bridgehead atoms. The molecule has 106 valence electrons. The minimum absolute atomic E-state index is 0.0572. The van der Waals surface area contributed by atoms with E-state index in [1.54, 1.807) is 12.1 Å². The number of benzene rings is 1. The van der Waals surface area contributed by atoms with Gasteiger partial charge in [0.1, 0.15) is 0 Å². The summed E-state index contributed by atoms with van der Waals surface area (Å²) in [5.74, 6) is 0.0607. The lowest BCUT2D eigenvalue weighted by Gasteiger charge is -2.34. The molecule has 1 atom stereocenters. The number of ether oxygens (including phenoxy) is 1. The Balaban J connectivity index is 2.34. The third-order valence-electron chi connectivity index (χ3n) is 4.12. The zero-order chi connectivity index (χ0) is 13.7. The second kappa shape index (κ2) is 6.38. The van der Waals surface area contributed by atoms with Gasteiger partial charge in [0, 0.05) is 5.54 Å². The van der Waals surface area contributed by atoms with Crippen LogP contribution in [0, 0.1) is 5.82 Å². The molecule has 1 heterocycles. The fourth-order valence-corrected chi connectivity index (χ4v) is 3.14. The zero-order valence-corrected chi connectivity index (χ0v) is 12.0. The van der Waals surface area contributed by atoms with E-state index in [0.717, 1.165) is 31.4 Å². The van der Waals surface area contributed by atoms with Crippen LogP contribution >= 0.6 is 0 Å². The summed E-state index contributed by atoms with van der Waals surface area (Å²) in [6, 6.07) is 5.40. The lowest BCUT2D eigenvalue weighted by atomic mass is 9.81. The van der Waals surface area contributed by atoms with E-state index in [9.17, 15) is 4.39 Å². The first-order chi connectivity index (χ1) is 9.22. The summed E-state index contributed by atoms with van der Waals surface area (Å²) in [5, 5.41) is 3.67. The Kier molecular flexibility index (Phi) is 4.81. The zero-order valence-electron chi connectivity index (χ0n) is 12.0. The first-order valence-corrected chi connectivity index (χ1v) is 7.31. The molecule has 0 radical (unpaired) electrons. The van der Waals surface area contributed by atoms with E-state index >= 15 is 0 Å². The van der Waals surface area contributed by atoms with Crippen molar-refractivity contribution in [2.24, 2.45) is 0 Å². The first-order valence-electron chi connectivity index (χ1n) is 7.31. The van der Waals surface area contributed by atoms with Crippen molar-refractivity contribution in [2.75, 3.05) is 13.7 Å². The van der Waals surface area contributed by atoms with Gasteiger partial charge in [0.25, 0.3) is 0 Å². The van der Waals surface area contributed by atoms with Crippen LogP contribution < -0.4 is 10.1 Å². The molecule has 0 aliphatic carbocycles. The normalized spacial score (nSPS) is 23.9. The molecule has 1 aromatic rings. The van der Waals surface area contributed by atoms with E-state index < -0.39 is 0 Å². The van der Waals surface area contributed by atoms with Crippen molar-refractivity contribution in [3.8, 4) is 5.75 Å². The Hall–Kier alpha value is -1.09. The van der Waals surface area contributed by atoms with Gasteiger partial charge in [-0.3, -0.25) is 0 Å². The monoisotopic (exact) mass is 265 g/mol. The average Bonchev–Trinajstić information content (AvgIpc) is 2.66. The van der Waals surface area contributed by atoms with Crippen molar-refractivity contribution in [3.05, 3.63) is 29.6 Å². The topological polar surface area (TPSA) is 21.3 Å². The number of methoxy groups -OCH3 is 1. The van der Waals surface area contributed by atoms with Crippen molar-refractivity contribution >= 4 is 0 Å². The van der Waals surface area contributed by atoms with Crippen LogP contribution in [0.1, 0.15) is 51.0 Å². The fraction of sp³-hybridized carbons (Fsp3) is 0.625. The highest BCUT2D eigenvalue weighted by Gasteiger charge is 2.32. The lowest BCUT2D eigenvalue weighted by molar-refractivity contribution is 0.295. The molecule has 1 aliphatic rings. The lowest BCUT2D eigenvalue weighted by Crippen LogP contribution is -2.41. The number of nitrogens with one attached hydrogen (secondary N) is 1. The predicted octanol–water partition coefficient (Wildman–Crippen LogP) is 3.99. The van der Waals surface area contributed by atoms with Crippen molar-refractivity contribution < 1.29 is 9.13 Å². The number of hydrogen-bond donors (Lipinski definition) is 1. The summed E-state index contributed by atoms with van der Waals surface area (Å²) in [4.78, 5) is 0. The molecule has 1 fully saturated rings. The Labute approximate surface area is 115 Å². The van der Waals surface area contributed by atoms with Crippen LogP contribution in [0.5, 0.6) is 5.75 Å². The van der Waals surface area contributed by atoms with E-state index in [1.165, 1.54) is 26.4 Å². The highest BCUT2D eigenvalue weighted by Crippen LogP contribution is 2.35. The van der Waals surface area contributed by atoms with Crippen molar-refractivity contribution in [1.82, 2.24) is 5.32 Å². The van der Waals surface area contributed by atoms with Crippen LogP contribution in [0.25, 0.3) is 0 Å². The molecule has 0 spiro atoms. The Bertz CT molecular complexity index is 411. The molecule has 1 aromatic carbocycles. The van der Waals surface area contributed by atoms with Gasteiger partial charge in [0.15, 0.2) is 11.6 Å². The van der Waals surface area contributed by atoms with Crippen LogP contribution in [-0.2, 0) is 5.54 Å². The highest BCUT2D eigenvalue weighted by atomic mass is 19.1. The van der Waals surface area contributed by atoms with Gasteiger partial charge in [-0.05, 0) is 43.5 Å². The second-order valence-electron chi connectivity index (χ2n) is 5.42. The fourth-order valence-electron chi connectivity index (χ4n) is 3.14. The summed E-state index contributed by atoms with van der Waals surface area (Å²) in [6.07, 6.45) is 6.92. The molecule has 1 N–H and O–H groups in total. The van der Waals surface area contributed by atoms with Gasteiger partial charge in [-0.25, -0.2) is 4.39 Å². The number of rotatable bonds is 4. The van der Waals surface area contributed by atoms with Gasteiger partial charge < -0.3 is 10.1 Å². The molecule has 1 aliphatic heterocycles. The smallest absolute Gasteiger partial charge is 0.165 e. The van der Waals surface area contributed by atoms with Gasteiger partial charge in [-0.15, -0.1) is 0 Å². The molecular weight excluding hydrogens is 241 g/mol. The van der Waals surface area contributed by atoms with Crippen LogP contribution in [0.15, 0.2) is 18.2 Å². The quantitative estimate of drug-likeness (QED) is 0.888. The third kappa shape index (κ3) is 3.08. The minimum Gasteiger partial charge on any atom is -0.494 e. The molecule has 3 heteroatoms. The Morgan fingerprint density at radius 3 is 2.84 bits per heavy atom. The molecule has 2 nitrogen and oxygen atoms in total. The maximum atomic E-state index is 14.0. The van der Waals surface area contributed by atoms with Gasteiger partial charge in [0.05, 0.1) is 7.11 Å².